The van der Waals surface area contributed by atoms with Gasteiger partial charge in [0.2, 0.25) is 5.91 Å². The summed E-state index contributed by atoms with van der Waals surface area (Å²) in [7, 11) is 0. The Labute approximate surface area is 156 Å². The van der Waals surface area contributed by atoms with E-state index in [0.717, 1.165) is 18.7 Å². The molecular formula is C19H30ClN3O2. The van der Waals surface area contributed by atoms with Crippen LogP contribution in [0.5, 0.6) is 0 Å². The minimum absolute atomic E-state index is 0. The average molecular weight is 368 g/mol. The van der Waals surface area contributed by atoms with Gasteiger partial charge < -0.3 is 16.0 Å². The number of hydrogen-bond donors (Lipinski definition) is 2. The van der Waals surface area contributed by atoms with Crippen molar-refractivity contribution < 1.29 is 9.59 Å². The molecule has 140 valence electrons. The number of halogens is 1. The molecule has 5 nitrogen and oxygen atoms in total. The average Bonchev–Trinajstić information content (AvgIpc) is 2.53. The van der Waals surface area contributed by atoms with Crippen molar-refractivity contribution in [1.82, 2.24) is 4.90 Å². The SMILES string of the molecule is Cc1ccc(C(=O)N2CC(C)CC(C)C2)cc1NC(=O)CCCN.Cl. The first-order valence-corrected chi connectivity index (χ1v) is 8.80. The first-order valence-electron chi connectivity index (χ1n) is 8.80. The Bertz CT molecular complexity index is 596. The second kappa shape index (κ2) is 9.78. The predicted octanol–water partition coefficient (Wildman–Crippen LogP) is 3.21. The molecule has 1 aliphatic rings. The Morgan fingerprint density at radius 1 is 1.24 bits per heavy atom. The van der Waals surface area contributed by atoms with Crippen LogP contribution in [0.25, 0.3) is 0 Å². The van der Waals surface area contributed by atoms with Gasteiger partial charge in [0.05, 0.1) is 0 Å². The molecule has 2 rings (SSSR count). The maximum absolute atomic E-state index is 12.8. The Balaban J connectivity index is 0.00000312. The van der Waals surface area contributed by atoms with Gasteiger partial charge in [0.15, 0.2) is 0 Å². The molecule has 6 heteroatoms. The molecule has 1 saturated heterocycles. The third-order valence-corrected chi connectivity index (χ3v) is 4.52. The van der Waals surface area contributed by atoms with Crippen molar-refractivity contribution in [2.45, 2.75) is 40.0 Å². The predicted molar refractivity (Wildman–Crippen MR) is 104 cm³/mol. The lowest BCUT2D eigenvalue weighted by Gasteiger charge is -2.35. The highest BCUT2D eigenvalue weighted by atomic mass is 35.5. The van der Waals surface area contributed by atoms with Gasteiger partial charge in [-0.05, 0) is 55.8 Å². The van der Waals surface area contributed by atoms with Crippen LogP contribution >= 0.6 is 12.4 Å². The number of nitrogens with zero attached hydrogens (tertiary/aromatic N) is 1. The lowest BCUT2D eigenvalue weighted by atomic mass is 9.91. The van der Waals surface area contributed by atoms with Crippen LogP contribution < -0.4 is 11.1 Å². The van der Waals surface area contributed by atoms with E-state index < -0.39 is 0 Å². The number of nitrogens with one attached hydrogen (secondary N) is 1. The number of likely N-dealkylation sites (tertiary alicyclic amines) is 1. The summed E-state index contributed by atoms with van der Waals surface area (Å²) in [5, 5.41) is 2.90. The zero-order chi connectivity index (χ0) is 17.7. The molecule has 1 aromatic rings. The standard InChI is InChI=1S/C19H29N3O2.ClH/c1-13-9-14(2)12-22(11-13)19(24)16-7-6-15(3)17(10-16)21-18(23)5-4-8-20;/h6-7,10,13-14H,4-5,8-9,11-12,20H2,1-3H3,(H,21,23);1H. The summed E-state index contributed by atoms with van der Waals surface area (Å²) in [6.45, 7) is 8.40. The molecule has 25 heavy (non-hydrogen) atoms. The van der Waals surface area contributed by atoms with E-state index in [1.807, 2.05) is 24.0 Å². The van der Waals surface area contributed by atoms with Gasteiger partial charge in [-0.2, -0.15) is 0 Å². The van der Waals surface area contributed by atoms with Gasteiger partial charge in [-0.3, -0.25) is 9.59 Å². The van der Waals surface area contributed by atoms with Gasteiger partial charge >= 0.3 is 0 Å². The number of aryl methyl sites for hydroxylation is 1. The minimum Gasteiger partial charge on any atom is -0.338 e. The maximum Gasteiger partial charge on any atom is 0.253 e. The summed E-state index contributed by atoms with van der Waals surface area (Å²) < 4.78 is 0. The molecular weight excluding hydrogens is 338 g/mol. The first-order chi connectivity index (χ1) is 11.4. The van der Waals surface area contributed by atoms with E-state index >= 15 is 0 Å². The zero-order valence-corrected chi connectivity index (χ0v) is 16.2. The highest BCUT2D eigenvalue weighted by molar-refractivity contribution is 5.97. The van der Waals surface area contributed by atoms with Crippen LogP contribution in [0.15, 0.2) is 18.2 Å². The molecule has 0 saturated carbocycles. The lowest BCUT2D eigenvalue weighted by molar-refractivity contribution is -0.116. The summed E-state index contributed by atoms with van der Waals surface area (Å²) in [4.78, 5) is 26.7. The van der Waals surface area contributed by atoms with Crippen molar-refractivity contribution in [1.29, 1.82) is 0 Å². The Morgan fingerprint density at radius 2 is 1.88 bits per heavy atom. The van der Waals surface area contributed by atoms with Crippen molar-refractivity contribution in [3.63, 3.8) is 0 Å². The topological polar surface area (TPSA) is 75.4 Å². The van der Waals surface area contributed by atoms with Crippen LogP contribution in [0.1, 0.15) is 49.0 Å². The number of amides is 2. The van der Waals surface area contributed by atoms with E-state index in [1.54, 1.807) is 6.07 Å². The molecule has 0 bridgehead atoms. The van der Waals surface area contributed by atoms with Crippen LogP contribution in [0.2, 0.25) is 0 Å². The van der Waals surface area contributed by atoms with E-state index in [9.17, 15) is 9.59 Å². The van der Waals surface area contributed by atoms with Gasteiger partial charge in [-0.25, -0.2) is 0 Å². The summed E-state index contributed by atoms with van der Waals surface area (Å²) in [5.41, 5.74) is 7.74. The van der Waals surface area contributed by atoms with E-state index in [-0.39, 0.29) is 24.2 Å². The fourth-order valence-corrected chi connectivity index (χ4v) is 3.38. The molecule has 2 atom stereocenters. The monoisotopic (exact) mass is 367 g/mol. The maximum atomic E-state index is 12.8. The third-order valence-electron chi connectivity index (χ3n) is 4.52. The second-order valence-corrected chi connectivity index (χ2v) is 7.13. The van der Waals surface area contributed by atoms with Gasteiger partial charge in [0.1, 0.15) is 0 Å². The van der Waals surface area contributed by atoms with Gasteiger partial charge in [0, 0.05) is 30.8 Å². The highest BCUT2D eigenvalue weighted by Crippen LogP contribution is 2.24. The quantitative estimate of drug-likeness (QED) is 0.839. The van der Waals surface area contributed by atoms with Crippen LogP contribution in [-0.4, -0.2) is 36.3 Å². The molecule has 1 fully saturated rings. The van der Waals surface area contributed by atoms with Gasteiger partial charge in [0.25, 0.3) is 5.91 Å². The van der Waals surface area contributed by atoms with Gasteiger partial charge in [-0.15, -0.1) is 12.4 Å². The summed E-state index contributed by atoms with van der Waals surface area (Å²) in [6, 6.07) is 5.53. The van der Waals surface area contributed by atoms with E-state index in [1.165, 1.54) is 6.42 Å². The fourth-order valence-electron chi connectivity index (χ4n) is 3.38. The number of piperidine rings is 1. The zero-order valence-electron chi connectivity index (χ0n) is 15.4. The molecule has 2 unspecified atom stereocenters. The minimum atomic E-state index is -0.0617. The van der Waals surface area contributed by atoms with Crippen molar-refractivity contribution >= 4 is 29.9 Å². The molecule has 1 aliphatic heterocycles. The number of carbonyl (C=O) groups is 2. The molecule has 0 radical (unpaired) electrons. The van der Waals surface area contributed by atoms with E-state index in [4.69, 9.17) is 5.73 Å². The van der Waals surface area contributed by atoms with Crippen LogP contribution in [0, 0.1) is 18.8 Å². The van der Waals surface area contributed by atoms with Gasteiger partial charge in [-0.1, -0.05) is 19.9 Å². The largest absolute Gasteiger partial charge is 0.338 e. The van der Waals surface area contributed by atoms with Crippen LogP contribution in [-0.2, 0) is 4.79 Å². The fraction of sp³-hybridized carbons (Fsp3) is 0.579. The molecule has 1 aromatic carbocycles. The van der Waals surface area contributed by atoms with E-state index in [2.05, 4.69) is 19.2 Å². The van der Waals surface area contributed by atoms with Crippen LogP contribution in [0.3, 0.4) is 0 Å². The van der Waals surface area contributed by atoms with Crippen LogP contribution in [0.4, 0.5) is 5.69 Å². The number of benzene rings is 1. The number of rotatable bonds is 5. The smallest absolute Gasteiger partial charge is 0.253 e. The second-order valence-electron chi connectivity index (χ2n) is 7.13. The van der Waals surface area contributed by atoms with E-state index in [0.29, 0.717) is 42.5 Å². The summed E-state index contributed by atoms with van der Waals surface area (Å²) in [5.74, 6) is 1.04. The Morgan fingerprint density at radius 3 is 2.48 bits per heavy atom. The number of carbonyl (C=O) groups excluding carboxylic acids is 2. The highest BCUT2D eigenvalue weighted by Gasteiger charge is 2.26. The molecule has 3 N–H and O–H groups in total. The number of hydrogen-bond acceptors (Lipinski definition) is 3. The Hall–Kier alpha value is -1.59. The number of anilines is 1. The Kier molecular flexibility index (Phi) is 8.39. The first kappa shape index (κ1) is 21.5. The lowest BCUT2D eigenvalue weighted by Crippen LogP contribution is -2.42. The normalized spacial score (nSPS) is 19.9. The molecule has 0 aliphatic carbocycles. The third kappa shape index (κ3) is 6.01. The van der Waals surface area contributed by atoms with Crippen molar-refractivity contribution in [3.05, 3.63) is 29.3 Å². The summed E-state index contributed by atoms with van der Waals surface area (Å²) >= 11 is 0. The molecule has 0 spiro atoms. The van der Waals surface area contributed by atoms with Crippen molar-refractivity contribution in [2.24, 2.45) is 17.6 Å². The number of nitrogens with two attached hydrogens (primary N) is 1. The molecule has 2 amide bonds. The molecule has 1 heterocycles. The van der Waals surface area contributed by atoms with Crippen molar-refractivity contribution in [3.8, 4) is 0 Å². The molecule has 0 aromatic heterocycles. The van der Waals surface area contributed by atoms with Crippen molar-refractivity contribution in [2.75, 3.05) is 25.0 Å². The summed E-state index contributed by atoms with van der Waals surface area (Å²) in [6.07, 6.45) is 2.22.